The molecule has 0 fully saturated rings. The van der Waals surface area contributed by atoms with Crippen LogP contribution in [0.2, 0.25) is 5.02 Å². The van der Waals surface area contributed by atoms with Gasteiger partial charge in [-0.3, -0.25) is 4.79 Å². The lowest BCUT2D eigenvalue weighted by molar-refractivity contribution is 0.102. The number of hydrogen-bond acceptors (Lipinski definition) is 3. The van der Waals surface area contributed by atoms with Gasteiger partial charge in [0.15, 0.2) is 0 Å². The predicted molar refractivity (Wildman–Crippen MR) is 72.7 cm³/mol. The molecule has 0 aliphatic rings. The molecule has 2 aromatic rings. The summed E-state index contributed by atoms with van der Waals surface area (Å²) in [6.07, 6.45) is 1.43. The normalized spacial score (nSPS) is 10.3. The van der Waals surface area contributed by atoms with E-state index in [1.54, 1.807) is 13.0 Å². The second-order valence-electron chi connectivity index (χ2n) is 4.00. The molecule has 1 amide bonds. The fourth-order valence-electron chi connectivity index (χ4n) is 1.49. The molecule has 6 heteroatoms. The molecule has 0 saturated heterocycles. The van der Waals surface area contributed by atoms with Gasteiger partial charge in [-0.25, -0.2) is 9.37 Å². The van der Waals surface area contributed by atoms with E-state index in [1.165, 1.54) is 18.3 Å². The second kappa shape index (κ2) is 5.24. The van der Waals surface area contributed by atoms with Crippen molar-refractivity contribution in [2.45, 2.75) is 6.92 Å². The lowest BCUT2D eigenvalue weighted by atomic mass is 10.2. The summed E-state index contributed by atoms with van der Waals surface area (Å²) in [5.74, 6) is -0.957. The first-order valence-corrected chi connectivity index (χ1v) is 5.83. The molecule has 0 saturated carbocycles. The number of nitrogen functional groups attached to an aromatic ring is 1. The number of halogens is 2. The highest BCUT2D eigenvalue weighted by Gasteiger charge is 2.13. The van der Waals surface area contributed by atoms with Crippen LogP contribution in [0.1, 0.15) is 15.9 Å². The Labute approximate surface area is 114 Å². The molecule has 4 nitrogen and oxygen atoms in total. The minimum atomic E-state index is -0.644. The molecule has 1 aromatic heterocycles. The zero-order valence-corrected chi connectivity index (χ0v) is 10.8. The molecule has 0 unspecified atom stereocenters. The minimum absolute atomic E-state index is 0.135. The molecule has 0 atom stereocenters. The quantitative estimate of drug-likeness (QED) is 0.888. The lowest BCUT2D eigenvalue weighted by Crippen LogP contribution is -2.15. The van der Waals surface area contributed by atoms with E-state index in [2.05, 4.69) is 10.3 Å². The standard InChI is InChI=1S/C13H11ClFN3O/c1-7-4-12(17-6-11(7)16)18-13(19)9-5-8(14)2-3-10(9)15/h2-6H,16H2,1H3,(H,17,18,19). The zero-order valence-electron chi connectivity index (χ0n) is 10.1. The van der Waals surface area contributed by atoms with Gasteiger partial charge in [0, 0.05) is 5.02 Å². The van der Waals surface area contributed by atoms with Crippen LogP contribution >= 0.6 is 11.6 Å². The maximum absolute atomic E-state index is 13.5. The molecule has 0 aliphatic heterocycles. The van der Waals surface area contributed by atoms with Crippen molar-refractivity contribution in [1.29, 1.82) is 0 Å². The smallest absolute Gasteiger partial charge is 0.259 e. The van der Waals surface area contributed by atoms with Gasteiger partial charge in [-0.15, -0.1) is 0 Å². The van der Waals surface area contributed by atoms with Crippen LogP contribution in [0.4, 0.5) is 15.9 Å². The van der Waals surface area contributed by atoms with E-state index < -0.39 is 11.7 Å². The Bertz CT molecular complexity index is 646. The van der Waals surface area contributed by atoms with Gasteiger partial charge in [0.1, 0.15) is 11.6 Å². The maximum atomic E-state index is 13.5. The maximum Gasteiger partial charge on any atom is 0.259 e. The van der Waals surface area contributed by atoms with Crippen molar-refractivity contribution in [3.05, 3.63) is 52.4 Å². The molecular weight excluding hydrogens is 269 g/mol. The number of aromatic nitrogens is 1. The van der Waals surface area contributed by atoms with E-state index in [9.17, 15) is 9.18 Å². The van der Waals surface area contributed by atoms with Crippen molar-refractivity contribution in [3.8, 4) is 0 Å². The third-order valence-electron chi connectivity index (χ3n) is 2.57. The molecule has 0 spiro atoms. The van der Waals surface area contributed by atoms with Crippen molar-refractivity contribution in [2.75, 3.05) is 11.1 Å². The molecule has 0 radical (unpaired) electrons. The average molecular weight is 280 g/mol. The molecule has 0 aliphatic carbocycles. The van der Waals surface area contributed by atoms with Crippen LogP contribution in [0.15, 0.2) is 30.5 Å². The summed E-state index contributed by atoms with van der Waals surface area (Å²) in [5.41, 5.74) is 6.78. The van der Waals surface area contributed by atoms with Crippen LogP contribution in [-0.4, -0.2) is 10.9 Å². The number of hydrogen-bond donors (Lipinski definition) is 2. The Kier molecular flexibility index (Phi) is 3.66. The molecular formula is C13H11ClFN3O. The Morgan fingerprint density at radius 2 is 2.16 bits per heavy atom. The van der Waals surface area contributed by atoms with Gasteiger partial charge >= 0.3 is 0 Å². The second-order valence-corrected chi connectivity index (χ2v) is 4.44. The highest BCUT2D eigenvalue weighted by molar-refractivity contribution is 6.31. The summed E-state index contributed by atoms with van der Waals surface area (Å²) in [7, 11) is 0. The molecule has 98 valence electrons. The number of anilines is 2. The number of carbonyl (C=O) groups excluding carboxylic acids is 1. The zero-order chi connectivity index (χ0) is 14.0. The van der Waals surface area contributed by atoms with Crippen LogP contribution < -0.4 is 11.1 Å². The largest absolute Gasteiger partial charge is 0.397 e. The van der Waals surface area contributed by atoms with E-state index >= 15 is 0 Å². The number of rotatable bonds is 2. The molecule has 3 N–H and O–H groups in total. The SMILES string of the molecule is Cc1cc(NC(=O)c2cc(Cl)ccc2F)ncc1N. The van der Waals surface area contributed by atoms with Crippen LogP contribution in [0.3, 0.4) is 0 Å². The van der Waals surface area contributed by atoms with Crippen LogP contribution in [-0.2, 0) is 0 Å². The number of pyridine rings is 1. The summed E-state index contributed by atoms with van der Waals surface area (Å²) in [6, 6.07) is 5.38. The third-order valence-corrected chi connectivity index (χ3v) is 2.80. The van der Waals surface area contributed by atoms with Crippen molar-refractivity contribution >= 4 is 29.0 Å². The summed E-state index contributed by atoms with van der Waals surface area (Å²) in [4.78, 5) is 15.8. The minimum Gasteiger partial charge on any atom is -0.397 e. The third kappa shape index (κ3) is 3.00. The highest BCUT2D eigenvalue weighted by Crippen LogP contribution is 2.17. The van der Waals surface area contributed by atoms with Crippen molar-refractivity contribution < 1.29 is 9.18 Å². The summed E-state index contributed by atoms with van der Waals surface area (Å²) in [5, 5.41) is 2.78. The van der Waals surface area contributed by atoms with E-state index in [0.29, 0.717) is 11.5 Å². The van der Waals surface area contributed by atoms with Gasteiger partial charge in [0.2, 0.25) is 0 Å². The van der Waals surface area contributed by atoms with Gasteiger partial charge in [0.25, 0.3) is 5.91 Å². The highest BCUT2D eigenvalue weighted by atomic mass is 35.5. The van der Waals surface area contributed by atoms with E-state index in [1.807, 2.05) is 0 Å². The first-order chi connectivity index (χ1) is 8.97. The van der Waals surface area contributed by atoms with Crippen molar-refractivity contribution in [3.63, 3.8) is 0 Å². The number of nitrogens with two attached hydrogens (primary N) is 1. The Morgan fingerprint density at radius 1 is 1.42 bits per heavy atom. The van der Waals surface area contributed by atoms with Crippen LogP contribution in [0.5, 0.6) is 0 Å². The first-order valence-electron chi connectivity index (χ1n) is 5.46. The van der Waals surface area contributed by atoms with Gasteiger partial charge < -0.3 is 11.1 Å². The fraction of sp³-hybridized carbons (Fsp3) is 0.0769. The number of amides is 1. The van der Waals surface area contributed by atoms with Crippen molar-refractivity contribution in [1.82, 2.24) is 4.98 Å². The first kappa shape index (κ1) is 13.3. The summed E-state index contributed by atoms with van der Waals surface area (Å²) in [6.45, 7) is 1.78. The predicted octanol–water partition coefficient (Wildman–Crippen LogP) is 3.02. The molecule has 1 aromatic carbocycles. The number of benzene rings is 1. The molecule has 19 heavy (non-hydrogen) atoms. The van der Waals surface area contributed by atoms with Crippen LogP contribution in [0.25, 0.3) is 0 Å². The van der Waals surface area contributed by atoms with Gasteiger partial charge in [-0.1, -0.05) is 11.6 Å². The van der Waals surface area contributed by atoms with Crippen molar-refractivity contribution in [2.24, 2.45) is 0 Å². The fourth-order valence-corrected chi connectivity index (χ4v) is 1.66. The van der Waals surface area contributed by atoms with Crippen LogP contribution in [0, 0.1) is 12.7 Å². The number of carbonyl (C=O) groups is 1. The van der Waals surface area contributed by atoms with E-state index in [4.69, 9.17) is 17.3 Å². The monoisotopic (exact) mass is 279 g/mol. The lowest BCUT2D eigenvalue weighted by Gasteiger charge is -2.07. The van der Waals surface area contributed by atoms with Gasteiger partial charge in [-0.2, -0.15) is 0 Å². The Balaban J connectivity index is 2.25. The molecule has 2 rings (SSSR count). The number of nitrogens with zero attached hydrogens (tertiary/aromatic N) is 1. The summed E-state index contributed by atoms with van der Waals surface area (Å²) < 4.78 is 13.5. The average Bonchev–Trinajstić information content (AvgIpc) is 2.36. The Hall–Kier alpha value is -2.14. The summed E-state index contributed by atoms with van der Waals surface area (Å²) >= 11 is 5.73. The number of aryl methyl sites for hydroxylation is 1. The molecule has 0 bridgehead atoms. The Morgan fingerprint density at radius 3 is 2.84 bits per heavy atom. The molecule has 1 heterocycles. The van der Waals surface area contributed by atoms with E-state index in [-0.39, 0.29) is 10.6 Å². The van der Waals surface area contributed by atoms with Gasteiger partial charge in [-0.05, 0) is 36.8 Å². The van der Waals surface area contributed by atoms with Gasteiger partial charge in [0.05, 0.1) is 17.4 Å². The number of nitrogens with one attached hydrogen (secondary N) is 1. The van der Waals surface area contributed by atoms with E-state index in [0.717, 1.165) is 11.6 Å². The topological polar surface area (TPSA) is 68.0 Å².